The molecule has 3 heterocycles. The Balaban J connectivity index is 1.49. The maximum absolute atomic E-state index is 6.33. The summed E-state index contributed by atoms with van der Waals surface area (Å²) >= 11 is 0. The van der Waals surface area contributed by atoms with Gasteiger partial charge in [0.05, 0.1) is 19.0 Å². The van der Waals surface area contributed by atoms with E-state index in [0.29, 0.717) is 5.92 Å². The number of hydrogen-bond acceptors (Lipinski definition) is 4. The van der Waals surface area contributed by atoms with E-state index < -0.39 is 0 Å². The predicted molar refractivity (Wildman–Crippen MR) is 87.1 cm³/mol. The minimum Gasteiger partial charge on any atom is -0.377 e. The maximum atomic E-state index is 6.33. The zero-order chi connectivity index (χ0) is 15.7. The van der Waals surface area contributed by atoms with Crippen molar-refractivity contribution < 1.29 is 9.47 Å². The van der Waals surface area contributed by atoms with Crippen molar-refractivity contribution in [3.05, 3.63) is 54.1 Å². The Labute approximate surface area is 136 Å². The van der Waals surface area contributed by atoms with E-state index in [-0.39, 0.29) is 11.7 Å². The maximum Gasteiger partial charge on any atom is 0.109 e. The highest BCUT2D eigenvalue weighted by Gasteiger charge is 2.52. The standard InChI is InChI=1S/C18H23N3O2/c1-22-17-10-21(9-16-8-19-13-20-16)12-18(17)7-15(11-23-18)14-5-3-2-4-6-14/h2-6,8,13,15,17H,7,9-12H2,1H3,(H,19,20)/t15-,17+,18+/m0/s1. The normalized spacial score (nSPS) is 31.2. The van der Waals surface area contributed by atoms with Gasteiger partial charge in [0.25, 0.3) is 0 Å². The van der Waals surface area contributed by atoms with Gasteiger partial charge in [0, 0.05) is 44.6 Å². The van der Waals surface area contributed by atoms with Crippen molar-refractivity contribution >= 4 is 0 Å². The fourth-order valence-electron chi connectivity index (χ4n) is 4.04. The summed E-state index contributed by atoms with van der Waals surface area (Å²) in [4.78, 5) is 9.67. The van der Waals surface area contributed by atoms with Gasteiger partial charge >= 0.3 is 0 Å². The van der Waals surface area contributed by atoms with Gasteiger partial charge in [-0.05, 0) is 12.0 Å². The number of H-pyrrole nitrogens is 1. The first-order chi connectivity index (χ1) is 11.3. The van der Waals surface area contributed by atoms with Gasteiger partial charge < -0.3 is 14.5 Å². The van der Waals surface area contributed by atoms with E-state index in [1.54, 1.807) is 13.4 Å². The van der Waals surface area contributed by atoms with Crippen LogP contribution in [0.25, 0.3) is 0 Å². The van der Waals surface area contributed by atoms with Gasteiger partial charge in [-0.3, -0.25) is 4.90 Å². The van der Waals surface area contributed by atoms with E-state index in [1.807, 2.05) is 6.20 Å². The number of aromatic amines is 1. The Morgan fingerprint density at radius 2 is 2.26 bits per heavy atom. The summed E-state index contributed by atoms with van der Waals surface area (Å²) in [5.41, 5.74) is 2.32. The van der Waals surface area contributed by atoms with Crippen LogP contribution < -0.4 is 0 Å². The summed E-state index contributed by atoms with van der Waals surface area (Å²) in [5, 5.41) is 0. The third-order valence-electron chi connectivity index (χ3n) is 5.17. The number of nitrogens with zero attached hydrogens (tertiary/aromatic N) is 2. The number of benzene rings is 1. The highest BCUT2D eigenvalue weighted by atomic mass is 16.6. The van der Waals surface area contributed by atoms with E-state index in [4.69, 9.17) is 9.47 Å². The third kappa shape index (κ3) is 2.80. The van der Waals surface area contributed by atoms with E-state index in [0.717, 1.165) is 38.4 Å². The van der Waals surface area contributed by atoms with Crippen LogP contribution in [-0.2, 0) is 16.0 Å². The molecule has 2 aliphatic heterocycles. The first kappa shape index (κ1) is 14.9. The summed E-state index contributed by atoms with van der Waals surface area (Å²) in [6.45, 7) is 3.45. The first-order valence-corrected chi connectivity index (χ1v) is 8.20. The van der Waals surface area contributed by atoms with Crippen molar-refractivity contribution in [3.8, 4) is 0 Å². The molecule has 1 aromatic carbocycles. The Hall–Kier alpha value is -1.69. The molecule has 122 valence electrons. The Morgan fingerprint density at radius 1 is 1.39 bits per heavy atom. The van der Waals surface area contributed by atoms with Crippen molar-refractivity contribution in [1.82, 2.24) is 14.9 Å². The summed E-state index contributed by atoms with van der Waals surface area (Å²) in [7, 11) is 1.80. The molecule has 0 saturated carbocycles. The summed E-state index contributed by atoms with van der Waals surface area (Å²) in [6.07, 6.45) is 4.76. The van der Waals surface area contributed by atoms with E-state index in [1.165, 1.54) is 5.56 Å². The Bertz CT molecular complexity index is 631. The van der Waals surface area contributed by atoms with Gasteiger partial charge in [-0.1, -0.05) is 30.3 Å². The second-order valence-electron chi connectivity index (χ2n) is 6.66. The minimum absolute atomic E-state index is 0.124. The van der Waals surface area contributed by atoms with Crippen LogP contribution in [-0.4, -0.2) is 53.4 Å². The van der Waals surface area contributed by atoms with Crippen LogP contribution in [0.15, 0.2) is 42.9 Å². The molecule has 5 heteroatoms. The molecule has 1 aromatic heterocycles. The zero-order valence-corrected chi connectivity index (χ0v) is 13.4. The average molecular weight is 313 g/mol. The molecule has 2 aromatic rings. The first-order valence-electron chi connectivity index (χ1n) is 8.20. The van der Waals surface area contributed by atoms with Gasteiger partial charge in [-0.2, -0.15) is 0 Å². The number of imidazole rings is 1. The van der Waals surface area contributed by atoms with Gasteiger partial charge in [-0.25, -0.2) is 4.98 Å². The van der Waals surface area contributed by atoms with Crippen LogP contribution in [0.1, 0.15) is 23.6 Å². The van der Waals surface area contributed by atoms with Crippen LogP contribution in [0.4, 0.5) is 0 Å². The topological polar surface area (TPSA) is 50.4 Å². The Kier molecular flexibility index (Phi) is 3.93. The lowest BCUT2D eigenvalue weighted by atomic mass is 9.87. The molecule has 0 bridgehead atoms. The number of rotatable bonds is 4. The molecule has 2 aliphatic rings. The predicted octanol–water partition coefficient (Wildman–Crippen LogP) is 2.18. The number of aromatic nitrogens is 2. The minimum atomic E-state index is -0.185. The molecule has 0 aliphatic carbocycles. The molecule has 1 spiro atoms. The van der Waals surface area contributed by atoms with Crippen molar-refractivity contribution in [2.75, 3.05) is 26.8 Å². The monoisotopic (exact) mass is 313 g/mol. The molecule has 23 heavy (non-hydrogen) atoms. The molecule has 2 fully saturated rings. The van der Waals surface area contributed by atoms with Crippen LogP contribution in [0, 0.1) is 0 Å². The number of ether oxygens (including phenoxy) is 2. The van der Waals surface area contributed by atoms with Gasteiger partial charge in [0.1, 0.15) is 5.60 Å². The van der Waals surface area contributed by atoms with Crippen LogP contribution in [0.5, 0.6) is 0 Å². The Morgan fingerprint density at radius 3 is 3.00 bits per heavy atom. The average Bonchev–Trinajstić information content (AvgIpc) is 3.30. The highest BCUT2D eigenvalue weighted by Crippen LogP contribution is 2.43. The number of hydrogen-bond donors (Lipinski definition) is 1. The molecular weight excluding hydrogens is 290 g/mol. The largest absolute Gasteiger partial charge is 0.377 e. The van der Waals surface area contributed by atoms with Crippen molar-refractivity contribution in [2.45, 2.75) is 30.6 Å². The SMILES string of the molecule is CO[C@@H]1CN(Cc2cnc[nH]2)C[C@]12C[C@H](c1ccccc1)CO2. The molecule has 4 rings (SSSR count). The fourth-order valence-corrected chi connectivity index (χ4v) is 4.04. The molecule has 5 nitrogen and oxygen atoms in total. The van der Waals surface area contributed by atoms with E-state index in [2.05, 4.69) is 45.2 Å². The molecule has 0 amide bonds. The fraction of sp³-hybridized carbons (Fsp3) is 0.500. The highest BCUT2D eigenvalue weighted by molar-refractivity contribution is 5.23. The second-order valence-corrected chi connectivity index (χ2v) is 6.66. The van der Waals surface area contributed by atoms with Crippen molar-refractivity contribution in [1.29, 1.82) is 0 Å². The molecule has 3 atom stereocenters. The lowest BCUT2D eigenvalue weighted by Gasteiger charge is -2.28. The lowest BCUT2D eigenvalue weighted by Crippen LogP contribution is -2.42. The summed E-state index contributed by atoms with van der Waals surface area (Å²) in [6, 6.07) is 10.7. The number of methoxy groups -OCH3 is 1. The summed E-state index contributed by atoms with van der Waals surface area (Å²) in [5.74, 6) is 0.459. The lowest BCUT2D eigenvalue weighted by molar-refractivity contribution is -0.0757. The third-order valence-corrected chi connectivity index (χ3v) is 5.17. The van der Waals surface area contributed by atoms with Gasteiger partial charge in [0.15, 0.2) is 0 Å². The zero-order valence-electron chi connectivity index (χ0n) is 13.4. The van der Waals surface area contributed by atoms with Gasteiger partial charge in [-0.15, -0.1) is 0 Å². The van der Waals surface area contributed by atoms with Crippen LogP contribution >= 0.6 is 0 Å². The number of nitrogens with one attached hydrogen (secondary N) is 1. The molecule has 0 unspecified atom stereocenters. The molecule has 1 N–H and O–H groups in total. The quantitative estimate of drug-likeness (QED) is 0.940. The molecule has 2 saturated heterocycles. The van der Waals surface area contributed by atoms with E-state index in [9.17, 15) is 0 Å². The van der Waals surface area contributed by atoms with Crippen molar-refractivity contribution in [3.63, 3.8) is 0 Å². The van der Waals surface area contributed by atoms with Crippen molar-refractivity contribution in [2.24, 2.45) is 0 Å². The van der Waals surface area contributed by atoms with Crippen LogP contribution in [0.3, 0.4) is 0 Å². The van der Waals surface area contributed by atoms with Crippen LogP contribution in [0.2, 0.25) is 0 Å². The molecular formula is C18H23N3O2. The smallest absolute Gasteiger partial charge is 0.109 e. The summed E-state index contributed by atoms with van der Waals surface area (Å²) < 4.78 is 12.1. The van der Waals surface area contributed by atoms with E-state index >= 15 is 0 Å². The molecule has 0 radical (unpaired) electrons. The number of likely N-dealkylation sites (tertiary alicyclic amines) is 1. The van der Waals surface area contributed by atoms with Gasteiger partial charge in [0.2, 0.25) is 0 Å². The second kappa shape index (κ2) is 6.07.